The smallest absolute Gasteiger partial charge is 0.229 e. The van der Waals surface area contributed by atoms with E-state index in [0.717, 1.165) is 43.6 Å². The van der Waals surface area contributed by atoms with Crippen molar-refractivity contribution in [2.45, 2.75) is 40.5 Å². The van der Waals surface area contributed by atoms with Gasteiger partial charge < -0.3 is 15.1 Å². The van der Waals surface area contributed by atoms with Crippen LogP contribution in [0.3, 0.4) is 0 Å². The van der Waals surface area contributed by atoms with E-state index in [4.69, 9.17) is 4.98 Å². The number of hydrogen-bond donors (Lipinski definition) is 1. The monoisotopic (exact) mass is 353 g/mol. The normalized spacial score (nSPS) is 17.2. The summed E-state index contributed by atoms with van der Waals surface area (Å²) in [6.45, 7) is 13.0. The molecule has 2 heterocycles. The molecule has 1 aliphatic rings. The number of nitrogens with zero attached hydrogens (tertiary/aromatic N) is 4. The van der Waals surface area contributed by atoms with E-state index in [1.165, 1.54) is 24.1 Å². The second kappa shape index (κ2) is 8.39. The first-order valence-corrected chi connectivity index (χ1v) is 9.81. The molecule has 0 radical (unpaired) electrons. The fourth-order valence-electron chi connectivity index (χ4n) is 3.68. The third kappa shape index (κ3) is 4.26. The number of nitrogens with one attached hydrogen (secondary N) is 1. The van der Waals surface area contributed by atoms with Crippen LogP contribution in [0.15, 0.2) is 30.5 Å². The van der Waals surface area contributed by atoms with Crippen molar-refractivity contribution in [1.82, 2.24) is 9.97 Å². The minimum absolute atomic E-state index is 0.666. The molecule has 1 atom stereocenters. The summed E-state index contributed by atoms with van der Waals surface area (Å²) in [7, 11) is 0. The van der Waals surface area contributed by atoms with Crippen LogP contribution >= 0.6 is 0 Å². The Morgan fingerprint density at radius 2 is 2.04 bits per heavy atom. The highest BCUT2D eigenvalue weighted by Gasteiger charge is 2.18. The summed E-state index contributed by atoms with van der Waals surface area (Å²) in [6, 6.07) is 8.53. The van der Waals surface area contributed by atoms with Gasteiger partial charge in [0.25, 0.3) is 0 Å². The topological polar surface area (TPSA) is 44.3 Å². The van der Waals surface area contributed by atoms with Gasteiger partial charge in [0.15, 0.2) is 0 Å². The average Bonchev–Trinajstić information content (AvgIpc) is 2.65. The molecule has 2 aromatic rings. The van der Waals surface area contributed by atoms with Crippen LogP contribution in [0.4, 0.5) is 23.1 Å². The van der Waals surface area contributed by atoms with Gasteiger partial charge in [0, 0.05) is 43.8 Å². The van der Waals surface area contributed by atoms with Gasteiger partial charge in [0.2, 0.25) is 5.95 Å². The first-order valence-electron chi connectivity index (χ1n) is 9.81. The Morgan fingerprint density at radius 1 is 1.23 bits per heavy atom. The summed E-state index contributed by atoms with van der Waals surface area (Å²) in [5, 5.41) is 3.40. The van der Waals surface area contributed by atoms with Crippen LogP contribution in [0, 0.1) is 12.8 Å². The maximum Gasteiger partial charge on any atom is 0.229 e. The van der Waals surface area contributed by atoms with Gasteiger partial charge in [-0.2, -0.15) is 4.98 Å². The number of rotatable bonds is 6. The Bertz CT molecular complexity index is 726. The summed E-state index contributed by atoms with van der Waals surface area (Å²) in [6.07, 6.45) is 4.40. The first kappa shape index (κ1) is 18.5. The maximum absolute atomic E-state index is 4.75. The molecule has 3 rings (SSSR count). The molecular weight excluding hydrogens is 322 g/mol. The third-order valence-electron chi connectivity index (χ3n) is 5.21. The van der Waals surface area contributed by atoms with Crippen LogP contribution in [-0.2, 0) is 0 Å². The minimum Gasteiger partial charge on any atom is -0.372 e. The van der Waals surface area contributed by atoms with Crippen molar-refractivity contribution in [2.24, 2.45) is 5.92 Å². The average molecular weight is 354 g/mol. The molecule has 0 bridgehead atoms. The van der Waals surface area contributed by atoms with Gasteiger partial charge in [-0.1, -0.05) is 6.92 Å². The van der Waals surface area contributed by atoms with Crippen LogP contribution in [0.1, 0.15) is 39.2 Å². The van der Waals surface area contributed by atoms with Crippen molar-refractivity contribution in [3.05, 3.63) is 36.0 Å². The van der Waals surface area contributed by atoms with Crippen molar-refractivity contribution in [3.63, 3.8) is 0 Å². The van der Waals surface area contributed by atoms with Crippen molar-refractivity contribution in [1.29, 1.82) is 0 Å². The number of aromatic nitrogens is 2. The van der Waals surface area contributed by atoms with Gasteiger partial charge >= 0.3 is 0 Å². The summed E-state index contributed by atoms with van der Waals surface area (Å²) in [4.78, 5) is 13.9. The summed E-state index contributed by atoms with van der Waals surface area (Å²) in [5.41, 5.74) is 3.52. The van der Waals surface area contributed by atoms with E-state index in [1.807, 2.05) is 12.3 Å². The highest BCUT2D eigenvalue weighted by Crippen LogP contribution is 2.26. The lowest BCUT2D eigenvalue weighted by Gasteiger charge is -2.31. The lowest BCUT2D eigenvalue weighted by Crippen LogP contribution is -2.34. The Kier molecular flexibility index (Phi) is 5.96. The molecule has 1 N–H and O–H groups in total. The van der Waals surface area contributed by atoms with Crippen LogP contribution < -0.4 is 15.1 Å². The second-order valence-electron chi connectivity index (χ2n) is 7.23. The number of piperidine rings is 1. The van der Waals surface area contributed by atoms with Gasteiger partial charge in [0.05, 0.1) is 0 Å². The number of hydrogen-bond acceptors (Lipinski definition) is 5. The summed E-state index contributed by atoms with van der Waals surface area (Å²) >= 11 is 0. The summed E-state index contributed by atoms with van der Waals surface area (Å²) in [5.74, 6) is 2.41. The quantitative estimate of drug-likeness (QED) is 0.821. The van der Waals surface area contributed by atoms with E-state index in [-0.39, 0.29) is 0 Å². The first-order chi connectivity index (χ1) is 12.6. The van der Waals surface area contributed by atoms with Gasteiger partial charge in [-0.25, -0.2) is 4.98 Å². The largest absolute Gasteiger partial charge is 0.372 e. The van der Waals surface area contributed by atoms with Crippen LogP contribution in [0.2, 0.25) is 0 Å². The van der Waals surface area contributed by atoms with Crippen molar-refractivity contribution in [3.8, 4) is 0 Å². The maximum atomic E-state index is 4.75. The van der Waals surface area contributed by atoms with E-state index < -0.39 is 0 Å². The molecule has 140 valence electrons. The number of benzene rings is 1. The molecule has 26 heavy (non-hydrogen) atoms. The number of anilines is 4. The van der Waals surface area contributed by atoms with E-state index in [2.05, 4.69) is 66.0 Å². The highest BCUT2D eigenvalue weighted by molar-refractivity contribution is 5.64. The molecular formula is C21H31N5. The lowest BCUT2D eigenvalue weighted by molar-refractivity contribution is 0.444. The zero-order valence-corrected chi connectivity index (χ0v) is 16.5. The molecule has 1 fully saturated rings. The highest BCUT2D eigenvalue weighted by atomic mass is 15.2. The van der Waals surface area contributed by atoms with Crippen LogP contribution in [0.5, 0.6) is 0 Å². The van der Waals surface area contributed by atoms with E-state index >= 15 is 0 Å². The molecule has 5 nitrogen and oxygen atoms in total. The molecule has 0 spiro atoms. The molecule has 1 unspecified atom stereocenters. The Labute approximate surface area is 157 Å². The minimum atomic E-state index is 0.666. The Balaban J connectivity index is 1.76. The Morgan fingerprint density at radius 3 is 2.73 bits per heavy atom. The predicted octanol–water partition coefficient (Wildman–Crippen LogP) is 4.61. The molecule has 1 aromatic carbocycles. The molecule has 1 aliphatic heterocycles. The lowest BCUT2D eigenvalue weighted by atomic mass is 10.0. The zero-order valence-electron chi connectivity index (χ0n) is 16.5. The molecule has 5 heteroatoms. The van der Waals surface area contributed by atoms with Gasteiger partial charge in [-0.3, -0.25) is 0 Å². The van der Waals surface area contributed by atoms with Gasteiger partial charge in [-0.15, -0.1) is 0 Å². The SMILES string of the molecule is CCN(CC)c1ccc(Nc2nccc(N3CCCC(C)C3)n2)c(C)c1. The van der Waals surface area contributed by atoms with E-state index in [1.54, 1.807) is 0 Å². The molecule has 0 amide bonds. The zero-order chi connectivity index (χ0) is 18.5. The third-order valence-corrected chi connectivity index (χ3v) is 5.21. The van der Waals surface area contributed by atoms with E-state index in [9.17, 15) is 0 Å². The fourth-order valence-corrected chi connectivity index (χ4v) is 3.68. The number of aryl methyl sites for hydroxylation is 1. The summed E-state index contributed by atoms with van der Waals surface area (Å²) < 4.78 is 0. The second-order valence-corrected chi connectivity index (χ2v) is 7.23. The van der Waals surface area contributed by atoms with Gasteiger partial charge in [-0.05, 0) is 69.4 Å². The predicted molar refractivity (Wildman–Crippen MR) is 111 cm³/mol. The van der Waals surface area contributed by atoms with Crippen molar-refractivity contribution >= 4 is 23.1 Å². The van der Waals surface area contributed by atoms with Crippen molar-refractivity contribution < 1.29 is 0 Å². The van der Waals surface area contributed by atoms with Crippen molar-refractivity contribution in [2.75, 3.05) is 41.3 Å². The Hall–Kier alpha value is -2.30. The van der Waals surface area contributed by atoms with Crippen LogP contribution in [0.25, 0.3) is 0 Å². The molecule has 1 saturated heterocycles. The van der Waals surface area contributed by atoms with Crippen LogP contribution in [-0.4, -0.2) is 36.1 Å². The van der Waals surface area contributed by atoms with E-state index in [0.29, 0.717) is 5.95 Å². The standard InChI is InChI=1S/C21H31N5/c1-5-25(6-2)18-9-10-19(17(4)14-18)23-21-22-12-11-20(24-21)26-13-7-8-16(3)15-26/h9-12,14,16H,5-8,13,15H2,1-4H3,(H,22,23,24). The molecule has 0 saturated carbocycles. The van der Waals surface area contributed by atoms with Gasteiger partial charge in [0.1, 0.15) is 5.82 Å². The fraction of sp³-hybridized carbons (Fsp3) is 0.524. The molecule has 0 aliphatic carbocycles. The molecule has 1 aromatic heterocycles.